The third kappa shape index (κ3) is 4.78. The molecular formula is C21H21NO2. The summed E-state index contributed by atoms with van der Waals surface area (Å²) in [6.45, 7) is 1.86. The molecule has 0 radical (unpaired) electrons. The summed E-state index contributed by atoms with van der Waals surface area (Å²) in [5.41, 5.74) is 2.13. The van der Waals surface area contributed by atoms with E-state index < -0.39 is 0 Å². The summed E-state index contributed by atoms with van der Waals surface area (Å²) in [5.74, 6) is 1.73. The highest BCUT2D eigenvalue weighted by molar-refractivity contribution is 5.56. The third-order valence-electron chi connectivity index (χ3n) is 3.55. The van der Waals surface area contributed by atoms with Gasteiger partial charge in [0.2, 0.25) is 0 Å². The van der Waals surface area contributed by atoms with E-state index in [1.165, 1.54) is 0 Å². The molecule has 3 aromatic carbocycles. The van der Waals surface area contributed by atoms with Crippen molar-refractivity contribution in [2.24, 2.45) is 0 Å². The molecule has 0 unspecified atom stereocenters. The Bertz CT molecular complexity index is 729. The molecule has 0 heterocycles. The van der Waals surface area contributed by atoms with Gasteiger partial charge >= 0.3 is 0 Å². The zero-order valence-corrected chi connectivity index (χ0v) is 13.5. The van der Waals surface area contributed by atoms with Gasteiger partial charge in [-0.1, -0.05) is 60.7 Å². The highest BCUT2D eigenvalue weighted by Crippen LogP contribution is 2.24. The first-order valence-corrected chi connectivity index (χ1v) is 8.09. The number of benzene rings is 3. The molecule has 3 rings (SSSR count). The van der Waals surface area contributed by atoms with E-state index >= 15 is 0 Å². The predicted molar refractivity (Wildman–Crippen MR) is 97.6 cm³/mol. The van der Waals surface area contributed by atoms with Gasteiger partial charge in [-0.25, -0.2) is 0 Å². The highest BCUT2D eigenvalue weighted by atomic mass is 16.5. The van der Waals surface area contributed by atoms with Crippen molar-refractivity contribution < 1.29 is 9.47 Å². The normalized spacial score (nSPS) is 10.2. The van der Waals surface area contributed by atoms with Crippen LogP contribution in [0.15, 0.2) is 84.9 Å². The van der Waals surface area contributed by atoms with Crippen LogP contribution in [0.4, 0.5) is 5.69 Å². The van der Waals surface area contributed by atoms with Gasteiger partial charge in [-0.3, -0.25) is 0 Å². The van der Waals surface area contributed by atoms with Crippen molar-refractivity contribution in [3.63, 3.8) is 0 Å². The molecule has 1 N–H and O–H groups in total. The van der Waals surface area contributed by atoms with Crippen LogP contribution in [-0.4, -0.2) is 13.2 Å². The number of hydrogen-bond acceptors (Lipinski definition) is 3. The molecule has 0 atom stereocenters. The van der Waals surface area contributed by atoms with Gasteiger partial charge in [0.25, 0.3) is 0 Å². The second-order valence-electron chi connectivity index (χ2n) is 5.36. The Labute approximate surface area is 142 Å². The highest BCUT2D eigenvalue weighted by Gasteiger charge is 2.03. The van der Waals surface area contributed by atoms with Gasteiger partial charge in [0, 0.05) is 6.54 Å². The molecule has 0 aromatic heterocycles. The van der Waals surface area contributed by atoms with Gasteiger partial charge in [-0.05, 0) is 29.8 Å². The van der Waals surface area contributed by atoms with Crippen LogP contribution in [0.25, 0.3) is 0 Å². The number of nitrogens with one attached hydrogen (secondary N) is 1. The largest absolute Gasteiger partial charge is 0.492 e. The number of rotatable bonds is 8. The van der Waals surface area contributed by atoms with Gasteiger partial charge in [0.1, 0.15) is 24.7 Å². The zero-order valence-electron chi connectivity index (χ0n) is 13.5. The van der Waals surface area contributed by atoms with E-state index in [-0.39, 0.29) is 0 Å². The van der Waals surface area contributed by atoms with Crippen LogP contribution >= 0.6 is 0 Å². The summed E-state index contributed by atoms with van der Waals surface area (Å²) in [4.78, 5) is 0. The van der Waals surface area contributed by atoms with Crippen LogP contribution < -0.4 is 14.8 Å². The summed E-state index contributed by atoms with van der Waals surface area (Å²) in [5, 5.41) is 3.37. The number of hydrogen-bond donors (Lipinski definition) is 1. The van der Waals surface area contributed by atoms with Crippen LogP contribution in [0.1, 0.15) is 5.56 Å². The van der Waals surface area contributed by atoms with Crippen molar-refractivity contribution >= 4 is 5.69 Å². The van der Waals surface area contributed by atoms with Crippen LogP contribution in [0.5, 0.6) is 11.5 Å². The lowest BCUT2D eigenvalue weighted by Gasteiger charge is -2.13. The molecule has 0 aliphatic carbocycles. The molecule has 0 bridgehead atoms. The van der Waals surface area contributed by atoms with E-state index in [1.54, 1.807) is 0 Å². The molecule has 3 heteroatoms. The van der Waals surface area contributed by atoms with Crippen molar-refractivity contribution in [2.45, 2.75) is 6.61 Å². The Morgan fingerprint density at radius 1 is 0.667 bits per heavy atom. The average molecular weight is 319 g/mol. The fourth-order valence-electron chi connectivity index (χ4n) is 2.35. The average Bonchev–Trinajstić information content (AvgIpc) is 2.66. The number of para-hydroxylation sites is 3. The minimum atomic E-state index is 0.556. The van der Waals surface area contributed by atoms with Gasteiger partial charge in [0.15, 0.2) is 0 Å². The molecular weight excluding hydrogens is 298 g/mol. The number of anilines is 1. The minimum Gasteiger partial charge on any atom is -0.492 e. The maximum Gasteiger partial charge on any atom is 0.142 e. The fourth-order valence-corrected chi connectivity index (χ4v) is 2.35. The van der Waals surface area contributed by atoms with Crippen LogP contribution in [0.3, 0.4) is 0 Å². The monoisotopic (exact) mass is 319 g/mol. The SMILES string of the molecule is c1ccc(COc2ccccc2NCCOc2ccccc2)cc1. The Hall–Kier alpha value is -2.94. The lowest BCUT2D eigenvalue weighted by atomic mass is 10.2. The van der Waals surface area contributed by atoms with E-state index in [1.807, 2.05) is 72.8 Å². The maximum atomic E-state index is 5.94. The standard InChI is InChI=1S/C21H21NO2/c1-3-9-18(10-4-1)17-24-21-14-8-7-13-20(21)22-15-16-23-19-11-5-2-6-12-19/h1-14,22H,15-17H2. The third-order valence-corrected chi connectivity index (χ3v) is 3.55. The zero-order chi connectivity index (χ0) is 16.5. The summed E-state index contributed by atoms with van der Waals surface area (Å²) < 4.78 is 11.6. The molecule has 0 spiro atoms. The van der Waals surface area contributed by atoms with E-state index in [9.17, 15) is 0 Å². The molecule has 0 amide bonds. The smallest absolute Gasteiger partial charge is 0.142 e. The molecule has 0 fully saturated rings. The molecule has 3 nitrogen and oxygen atoms in total. The molecule has 0 saturated heterocycles. The van der Waals surface area contributed by atoms with E-state index in [2.05, 4.69) is 17.4 Å². The van der Waals surface area contributed by atoms with Gasteiger partial charge < -0.3 is 14.8 Å². The summed E-state index contributed by atoms with van der Waals surface area (Å²) in [6.07, 6.45) is 0. The molecule has 3 aromatic rings. The lowest BCUT2D eigenvalue weighted by Crippen LogP contribution is -2.12. The van der Waals surface area contributed by atoms with Crippen molar-refractivity contribution in [3.05, 3.63) is 90.5 Å². The first kappa shape index (κ1) is 15.9. The van der Waals surface area contributed by atoms with E-state index in [4.69, 9.17) is 9.47 Å². The molecule has 24 heavy (non-hydrogen) atoms. The van der Waals surface area contributed by atoms with E-state index in [0.29, 0.717) is 19.8 Å². The van der Waals surface area contributed by atoms with E-state index in [0.717, 1.165) is 22.7 Å². The van der Waals surface area contributed by atoms with Crippen molar-refractivity contribution in [1.29, 1.82) is 0 Å². The second kappa shape index (κ2) is 8.63. The maximum absolute atomic E-state index is 5.94. The molecule has 0 aliphatic heterocycles. The summed E-state index contributed by atoms with van der Waals surface area (Å²) in [6, 6.07) is 27.9. The van der Waals surface area contributed by atoms with Crippen molar-refractivity contribution in [1.82, 2.24) is 0 Å². The number of ether oxygens (including phenoxy) is 2. The first-order valence-electron chi connectivity index (χ1n) is 8.09. The van der Waals surface area contributed by atoms with Crippen molar-refractivity contribution in [3.8, 4) is 11.5 Å². The Balaban J connectivity index is 1.50. The van der Waals surface area contributed by atoms with Gasteiger partial charge in [0.05, 0.1) is 5.69 Å². The molecule has 0 saturated carbocycles. The molecule has 0 aliphatic rings. The Morgan fingerprint density at radius 3 is 2.12 bits per heavy atom. The van der Waals surface area contributed by atoms with Gasteiger partial charge in [-0.15, -0.1) is 0 Å². The minimum absolute atomic E-state index is 0.556. The fraction of sp³-hybridized carbons (Fsp3) is 0.143. The quantitative estimate of drug-likeness (QED) is 0.607. The van der Waals surface area contributed by atoms with Crippen LogP contribution in [0, 0.1) is 0 Å². The first-order chi connectivity index (χ1) is 11.9. The van der Waals surface area contributed by atoms with Gasteiger partial charge in [-0.2, -0.15) is 0 Å². The van der Waals surface area contributed by atoms with Crippen LogP contribution in [0.2, 0.25) is 0 Å². The Kier molecular flexibility index (Phi) is 5.73. The lowest BCUT2D eigenvalue weighted by molar-refractivity contribution is 0.306. The topological polar surface area (TPSA) is 30.5 Å². The second-order valence-corrected chi connectivity index (χ2v) is 5.36. The predicted octanol–water partition coefficient (Wildman–Crippen LogP) is 4.76. The van der Waals surface area contributed by atoms with Crippen LogP contribution in [-0.2, 0) is 6.61 Å². The summed E-state index contributed by atoms with van der Waals surface area (Å²) in [7, 11) is 0. The van der Waals surface area contributed by atoms with Crippen molar-refractivity contribution in [2.75, 3.05) is 18.5 Å². The Morgan fingerprint density at radius 2 is 1.33 bits per heavy atom. The summed E-state index contributed by atoms with van der Waals surface area (Å²) >= 11 is 0. The molecule has 122 valence electrons.